The van der Waals surface area contributed by atoms with E-state index in [1.54, 1.807) is 19.1 Å². The zero-order valence-electron chi connectivity index (χ0n) is 18.4. The van der Waals surface area contributed by atoms with E-state index in [1.807, 2.05) is 13.8 Å². The van der Waals surface area contributed by atoms with Crippen LogP contribution in [0.2, 0.25) is 0 Å². The van der Waals surface area contributed by atoms with Crippen LogP contribution in [0.25, 0.3) is 0 Å². The first-order valence-corrected chi connectivity index (χ1v) is 10.0. The van der Waals surface area contributed by atoms with Gasteiger partial charge in [0.2, 0.25) is 11.8 Å². The number of ether oxygens (including phenoxy) is 1. The van der Waals surface area contributed by atoms with Crippen LogP contribution in [0.1, 0.15) is 52.1 Å². The van der Waals surface area contributed by atoms with Crippen molar-refractivity contribution in [2.45, 2.75) is 52.1 Å². The molecule has 1 aromatic heterocycles. The number of nitrogens with zero attached hydrogens (tertiary/aromatic N) is 3. The van der Waals surface area contributed by atoms with Gasteiger partial charge in [-0.25, -0.2) is 0 Å². The Hall–Kier alpha value is -3.05. The van der Waals surface area contributed by atoms with Gasteiger partial charge >= 0.3 is 0 Å². The molecule has 0 aliphatic rings. The molecule has 0 radical (unpaired) electrons. The Balaban J connectivity index is 2.29. The summed E-state index contributed by atoms with van der Waals surface area (Å²) < 4.78 is 5.60. The summed E-state index contributed by atoms with van der Waals surface area (Å²) >= 11 is 0. The minimum Gasteiger partial charge on any atom is -0.396 e. The summed E-state index contributed by atoms with van der Waals surface area (Å²) in [4.78, 5) is 28.0. The molecule has 1 aromatic rings. The third-order valence-corrected chi connectivity index (χ3v) is 4.06. The summed E-state index contributed by atoms with van der Waals surface area (Å²) in [6.07, 6.45) is 2.83. The molecule has 1 rings (SSSR count). The van der Waals surface area contributed by atoms with Crippen molar-refractivity contribution in [2.24, 2.45) is 21.7 Å². The number of carbonyl (C=O) groups excluding carboxylic acids is 2. The lowest BCUT2D eigenvalue weighted by atomic mass is 10.1. The number of nitrogens with two attached hydrogens (primary N) is 2. The summed E-state index contributed by atoms with van der Waals surface area (Å²) in [6.45, 7) is 6.13. The van der Waals surface area contributed by atoms with Crippen molar-refractivity contribution in [1.82, 2.24) is 10.3 Å². The fraction of sp³-hybridized carbons (Fsp3) is 0.550. The minimum atomic E-state index is -0.430. The van der Waals surface area contributed by atoms with Gasteiger partial charge in [0.1, 0.15) is 11.5 Å². The average Bonchev–Trinajstić information content (AvgIpc) is 2.70. The molecule has 0 atom stereocenters. The van der Waals surface area contributed by atoms with Gasteiger partial charge in [0.05, 0.1) is 24.1 Å². The summed E-state index contributed by atoms with van der Waals surface area (Å²) in [5.41, 5.74) is 11.6. The van der Waals surface area contributed by atoms with E-state index in [4.69, 9.17) is 21.3 Å². The molecule has 0 bridgehead atoms. The van der Waals surface area contributed by atoms with Crippen LogP contribution in [0, 0.1) is 0 Å². The largest absolute Gasteiger partial charge is 0.396 e. The maximum atomic E-state index is 12.0. The van der Waals surface area contributed by atoms with E-state index in [0.717, 1.165) is 0 Å². The van der Waals surface area contributed by atoms with Crippen molar-refractivity contribution >= 4 is 29.2 Å². The highest BCUT2D eigenvalue weighted by Crippen LogP contribution is 2.12. The quantitative estimate of drug-likeness (QED) is 0.129. The Kier molecular flexibility index (Phi) is 11.1. The van der Waals surface area contributed by atoms with Crippen LogP contribution in [-0.4, -0.2) is 58.9 Å². The summed E-state index contributed by atoms with van der Waals surface area (Å²) in [5, 5.41) is 21.8. The van der Waals surface area contributed by atoms with Crippen molar-refractivity contribution in [1.29, 1.82) is 0 Å². The number of hydrogen-bond acceptors (Lipinski definition) is 7. The lowest BCUT2D eigenvalue weighted by molar-refractivity contribution is -0.122. The molecular formula is C20H33N7O4. The molecule has 0 aliphatic heterocycles. The van der Waals surface area contributed by atoms with E-state index in [0.29, 0.717) is 37.4 Å². The molecule has 11 heteroatoms. The van der Waals surface area contributed by atoms with Gasteiger partial charge < -0.3 is 31.9 Å². The van der Waals surface area contributed by atoms with Crippen LogP contribution in [0.15, 0.2) is 28.5 Å². The Bertz CT molecular complexity index is 772. The number of anilines is 1. The molecule has 31 heavy (non-hydrogen) atoms. The van der Waals surface area contributed by atoms with Gasteiger partial charge in [-0.1, -0.05) is 0 Å². The predicted octanol–water partition coefficient (Wildman–Crippen LogP) is 0.482. The molecule has 7 N–H and O–H groups in total. The molecule has 2 amide bonds. The highest BCUT2D eigenvalue weighted by molar-refractivity contribution is 5.96. The van der Waals surface area contributed by atoms with E-state index in [2.05, 4.69) is 25.8 Å². The topological polar surface area (TPSA) is 177 Å². The van der Waals surface area contributed by atoms with Crippen LogP contribution >= 0.6 is 0 Å². The van der Waals surface area contributed by atoms with Crippen molar-refractivity contribution in [3.8, 4) is 0 Å². The van der Waals surface area contributed by atoms with Crippen LogP contribution in [0.5, 0.6) is 0 Å². The molecule has 0 unspecified atom stereocenters. The van der Waals surface area contributed by atoms with Gasteiger partial charge in [0.15, 0.2) is 5.84 Å². The molecule has 0 saturated heterocycles. The van der Waals surface area contributed by atoms with Gasteiger partial charge in [-0.3, -0.25) is 14.6 Å². The molecule has 0 fully saturated rings. The van der Waals surface area contributed by atoms with Gasteiger partial charge in [-0.15, -0.1) is 10.2 Å². The highest BCUT2D eigenvalue weighted by atomic mass is 16.5. The standard InChI is InChI=1S/C20H33N7O4/c1-14(21)26-27-19(22)16-8-7-15(13-24-16)25-18(30)6-4-5-17(29)23-10-12-31-20(2,3)9-11-28/h7-8,13,28H,4-6,9-12H2,1-3H3,(H2,21,26)(H2,22,27)(H,23,29)(H,25,30). The van der Waals surface area contributed by atoms with Gasteiger partial charge in [-0.05, 0) is 45.7 Å². The van der Waals surface area contributed by atoms with Gasteiger partial charge in [0.25, 0.3) is 0 Å². The normalized spacial score (nSPS) is 12.5. The maximum Gasteiger partial charge on any atom is 0.224 e. The Morgan fingerprint density at radius 2 is 1.90 bits per heavy atom. The van der Waals surface area contributed by atoms with Gasteiger partial charge in [-0.2, -0.15) is 0 Å². The molecular weight excluding hydrogens is 402 g/mol. The van der Waals surface area contributed by atoms with E-state index in [1.165, 1.54) is 6.20 Å². The van der Waals surface area contributed by atoms with Crippen LogP contribution in [0.4, 0.5) is 5.69 Å². The number of nitrogens with one attached hydrogen (secondary N) is 2. The van der Waals surface area contributed by atoms with Crippen LogP contribution in [0.3, 0.4) is 0 Å². The molecule has 11 nitrogen and oxygen atoms in total. The molecule has 0 aliphatic carbocycles. The molecule has 0 aromatic carbocycles. The first-order valence-electron chi connectivity index (χ1n) is 10.0. The summed E-state index contributed by atoms with van der Waals surface area (Å²) in [6, 6.07) is 3.25. The van der Waals surface area contributed by atoms with E-state index < -0.39 is 5.60 Å². The highest BCUT2D eigenvalue weighted by Gasteiger charge is 2.17. The maximum absolute atomic E-state index is 12.0. The molecule has 0 saturated carbocycles. The molecule has 1 heterocycles. The smallest absolute Gasteiger partial charge is 0.224 e. The Morgan fingerprint density at radius 1 is 1.19 bits per heavy atom. The number of aliphatic hydroxyl groups is 1. The Morgan fingerprint density at radius 3 is 2.52 bits per heavy atom. The number of amides is 2. The second-order valence-corrected chi connectivity index (χ2v) is 7.49. The van der Waals surface area contributed by atoms with E-state index in [9.17, 15) is 9.59 Å². The van der Waals surface area contributed by atoms with Crippen molar-refractivity contribution in [2.75, 3.05) is 25.1 Å². The van der Waals surface area contributed by atoms with Crippen LogP contribution in [-0.2, 0) is 14.3 Å². The SMILES string of the molecule is C/C(N)=N/N=C(\N)c1ccc(NC(=O)CCCC(=O)NCCOC(C)(C)CCO)cn1. The Labute approximate surface area is 182 Å². The number of amidine groups is 2. The second kappa shape index (κ2) is 13.3. The van der Waals surface area contributed by atoms with Crippen molar-refractivity contribution in [3.05, 3.63) is 24.0 Å². The number of aliphatic hydroxyl groups excluding tert-OH is 1. The lowest BCUT2D eigenvalue weighted by Gasteiger charge is -2.24. The predicted molar refractivity (Wildman–Crippen MR) is 119 cm³/mol. The average molecular weight is 436 g/mol. The van der Waals surface area contributed by atoms with Gasteiger partial charge in [0, 0.05) is 26.0 Å². The third kappa shape index (κ3) is 11.6. The number of hydrogen-bond donors (Lipinski definition) is 5. The second-order valence-electron chi connectivity index (χ2n) is 7.49. The monoisotopic (exact) mass is 435 g/mol. The fourth-order valence-electron chi connectivity index (χ4n) is 2.38. The molecule has 172 valence electrons. The van der Waals surface area contributed by atoms with Crippen LogP contribution < -0.4 is 22.1 Å². The first kappa shape index (κ1) is 26.0. The lowest BCUT2D eigenvalue weighted by Crippen LogP contribution is -2.32. The third-order valence-electron chi connectivity index (χ3n) is 4.06. The van der Waals surface area contributed by atoms with E-state index in [-0.39, 0.29) is 42.9 Å². The zero-order chi connectivity index (χ0) is 23.3. The zero-order valence-corrected chi connectivity index (χ0v) is 18.4. The number of pyridine rings is 1. The number of aromatic nitrogens is 1. The van der Waals surface area contributed by atoms with E-state index >= 15 is 0 Å². The number of carbonyl (C=O) groups is 2. The molecule has 0 spiro atoms. The van der Waals surface area contributed by atoms with Crippen molar-refractivity contribution < 1.29 is 19.4 Å². The fourth-order valence-corrected chi connectivity index (χ4v) is 2.38. The number of rotatable bonds is 13. The first-order chi connectivity index (χ1) is 14.6. The van der Waals surface area contributed by atoms with Crippen molar-refractivity contribution in [3.63, 3.8) is 0 Å². The minimum absolute atomic E-state index is 0.0491. The summed E-state index contributed by atoms with van der Waals surface area (Å²) in [7, 11) is 0. The summed E-state index contributed by atoms with van der Waals surface area (Å²) in [5.74, 6) is 0.0147.